The molecule has 1 aromatic heterocycles. The highest BCUT2D eigenvalue weighted by atomic mass is 32.2. The molecule has 0 aliphatic carbocycles. The van der Waals surface area contributed by atoms with Gasteiger partial charge in [-0.2, -0.15) is 5.10 Å². The van der Waals surface area contributed by atoms with Gasteiger partial charge in [0.15, 0.2) is 0 Å². The summed E-state index contributed by atoms with van der Waals surface area (Å²) in [5, 5.41) is 13.5. The number of hydrogen-bond acceptors (Lipinski definition) is 3. The van der Waals surface area contributed by atoms with Crippen molar-refractivity contribution in [3.8, 4) is 0 Å². The molecule has 0 bridgehead atoms. The van der Waals surface area contributed by atoms with Crippen LogP contribution in [0, 0.1) is 0 Å². The summed E-state index contributed by atoms with van der Waals surface area (Å²) < 4.78 is 1.17. The number of thioether (sulfide) groups is 1. The summed E-state index contributed by atoms with van der Waals surface area (Å²) in [6, 6.07) is 2.35. The van der Waals surface area contributed by atoms with E-state index in [2.05, 4.69) is 18.9 Å². The largest absolute Gasteiger partial charge is 0.480 e. The first-order chi connectivity index (χ1) is 7.86. The van der Waals surface area contributed by atoms with Gasteiger partial charge in [-0.05, 0) is 33.3 Å². The average molecular weight is 256 g/mol. The van der Waals surface area contributed by atoms with E-state index in [0.717, 1.165) is 12.1 Å². The van der Waals surface area contributed by atoms with Gasteiger partial charge < -0.3 is 5.11 Å². The third-order valence-electron chi connectivity index (χ3n) is 2.80. The quantitative estimate of drug-likeness (QED) is 0.850. The molecule has 96 valence electrons. The zero-order valence-electron chi connectivity index (χ0n) is 10.8. The number of carbonyl (C=O) groups is 1. The van der Waals surface area contributed by atoms with Crippen molar-refractivity contribution in [3.63, 3.8) is 0 Å². The molecule has 0 saturated carbocycles. The van der Waals surface area contributed by atoms with Gasteiger partial charge in [-0.15, -0.1) is 11.8 Å². The van der Waals surface area contributed by atoms with Crippen LogP contribution in [0.5, 0.6) is 0 Å². The Kier molecular flexibility index (Phi) is 4.62. The van der Waals surface area contributed by atoms with Crippen LogP contribution in [0.3, 0.4) is 0 Å². The predicted octanol–water partition coefficient (Wildman–Crippen LogP) is 2.95. The third-order valence-corrected chi connectivity index (χ3v) is 4.14. The average Bonchev–Trinajstić information content (AvgIpc) is 2.74. The topological polar surface area (TPSA) is 55.1 Å². The molecule has 17 heavy (non-hydrogen) atoms. The summed E-state index contributed by atoms with van der Waals surface area (Å²) in [4.78, 5) is 11.0. The summed E-state index contributed by atoms with van der Waals surface area (Å²) in [6.07, 6.45) is 2.99. The van der Waals surface area contributed by atoms with E-state index in [0.29, 0.717) is 11.8 Å². The van der Waals surface area contributed by atoms with Crippen LogP contribution in [0.25, 0.3) is 0 Å². The second-order valence-electron chi connectivity index (χ2n) is 4.65. The summed E-state index contributed by atoms with van der Waals surface area (Å²) >= 11 is 1.40. The van der Waals surface area contributed by atoms with Crippen molar-refractivity contribution in [1.82, 2.24) is 9.78 Å². The number of rotatable bonds is 6. The van der Waals surface area contributed by atoms with Gasteiger partial charge in [-0.1, -0.05) is 6.92 Å². The maximum absolute atomic E-state index is 11.0. The van der Waals surface area contributed by atoms with Gasteiger partial charge in [-0.3, -0.25) is 9.48 Å². The van der Waals surface area contributed by atoms with Crippen molar-refractivity contribution in [2.24, 2.45) is 0 Å². The number of nitrogens with zero attached hydrogens (tertiary/aromatic N) is 2. The van der Waals surface area contributed by atoms with E-state index in [1.54, 1.807) is 13.8 Å². The van der Waals surface area contributed by atoms with Gasteiger partial charge in [0, 0.05) is 18.0 Å². The molecule has 0 spiro atoms. The second kappa shape index (κ2) is 5.58. The lowest BCUT2D eigenvalue weighted by atomic mass is 10.2. The zero-order chi connectivity index (χ0) is 13.1. The fraction of sp³-hybridized carbons (Fsp3) is 0.667. The molecule has 0 aromatic carbocycles. The summed E-state index contributed by atoms with van der Waals surface area (Å²) in [5.74, 6) is -0.160. The van der Waals surface area contributed by atoms with Crippen molar-refractivity contribution in [1.29, 1.82) is 0 Å². The highest BCUT2D eigenvalue weighted by Gasteiger charge is 2.27. The summed E-state index contributed by atoms with van der Waals surface area (Å²) in [6.45, 7) is 7.66. The maximum atomic E-state index is 11.0. The van der Waals surface area contributed by atoms with Crippen LogP contribution in [-0.2, 0) is 10.5 Å². The summed E-state index contributed by atoms with van der Waals surface area (Å²) in [5.41, 5.74) is 0.935. The van der Waals surface area contributed by atoms with Crippen molar-refractivity contribution in [2.75, 3.05) is 0 Å². The molecule has 1 aromatic rings. The molecule has 1 N–H and O–H groups in total. The molecular weight excluding hydrogens is 236 g/mol. The van der Waals surface area contributed by atoms with Gasteiger partial charge in [0.05, 0.1) is 5.69 Å². The Morgan fingerprint density at radius 3 is 2.82 bits per heavy atom. The fourth-order valence-corrected chi connectivity index (χ4v) is 1.99. The Balaban J connectivity index is 2.59. The van der Waals surface area contributed by atoms with E-state index in [4.69, 9.17) is 5.11 Å². The van der Waals surface area contributed by atoms with E-state index in [-0.39, 0.29) is 0 Å². The maximum Gasteiger partial charge on any atom is 0.319 e. The molecule has 0 aliphatic rings. The minimum atomic E-state index is -0.788. The first-order valence-electron chi connectivity index (χ1n) is 5.78. The second-order valence-corrected chi connectivity index (χ2v) is 6.25. The molecule has 0 aliphatic heterocycles. The number of carboxylic acids is 1. The van der Waals surface area contributed by atoms with Gasteiger partial charge in [-0.25, -0.2) is 0 Å². The molecule has 1 atom stereocenters. The van der Waals surface area contributed by atoms with Crippen molar-refractivity contribution in [3.05, 3.63) is 18.0 Å². The fourth-order valence-electron chi connectivity index (χ4n) is 1.20. The molecule has 0 saturated heterocycles. The monoisotopic (exact) mass is 256 g/mol. The van der Waals surface area contributed by atoms with Crippen molar-refractivity contribution >= 4 is 17.7 Å². The molecule has 0 amide bonds. The number of carboxylic acid groups (broad SMARTS) is 1. The normalized spacial score (nSPS) is 13.6. The highest BCUT2D eigenvalue weighted by molar-refractivity contribution is 8.00. The van der Waals surface area contributed by atoms with Crippen LogP contribution in [0.2, 0.25) is 0 Å². The minimum absolute atomic E-state index is 0.390. The van der Waals surface area contributed by atoms with Crippen LogP contribution in [0.4, 0.5) is 0 Å². The molecule has 0 fully saturated rings. The molecule has 1 heterocycles. The molecule has 0 radical (unpaired) electrons. The molecular formula is C12H20N2O2S. The lowest BCUT2D eigenvalue weighted by Crippen LogP contribution is -2.27. The molecule has 1 unspecified atom stereocenters. The van der Waals surface area contributed by atoms with Crippen molar-refractivity contribution < 1.29 is 9.90 Å². The van der Waals surface area contributed by atoms with Gasteiger partial charge in [0.2, 0.25) is 0 Å². The number of hydrogen-bond donors (Lipinski definition) is 1. The highest BCUT2D eigenvalue weighted by Crippen LogP contribution is 2.27. The Labute approximate surface area is 106 Å². The Bertz CT molecular complexity index is 388. The first kappa shape index (κ1) is 14.1. The first-order valence-corrected chi connectivity index (χ1v) is 6.76. The molecule has 1 rings (SSSR count). The molecule has 5 heteroatoms. The van der Waals surface area contributed by atoms with Crippen LogP contribution >= 0.6 is 11.8 Å². The third kappa shape index (κ3) is 3.77. The van der Waals surface area contributed by atoms with Gasteiger partial charge >= 0.3 is 5.97 Å². The minimum Gasteiger partial charge on any atom is -0.480 e. The van der Waals surface area contributed by atoms with Gasteiger partial charge in [0.1, 0.15) is 4.75 Å². The lowest BCUT2D eigenvalue weighted by Gasteiger charge is -2.17. The Morgan fingerprint density at radius 2 is 2.29 bits per heavy atom. The van der Waals surface area contributed by atoms with Crippen LogP contribution in [0.1, 0.15) is 45.9 Å². The Morgan fingerprint density at radius 1 is 1.65 bits per heavy atom. The van der Waals surface area contributed by atoms with E-state index >= 15 is 0 Å². The van der Waals surface area contributed by atoms with Crippen molar-refractivity contribution in [2.45, 2.75) is 50.7 Å². The zero-order valence-corrected chi connectivity index (χ0v) is 11.6. The SMILES string of the molecule is CCC(C)n1ccc(CSC(C)(C)C(=O)O)n1. The lowest BCUT2D eigenvalue weighted by molar-refractivity contribution is -0.138. The summed E-state index contributed by atoms with van der Waals surface area (Å²) in [7, 11) is 0. The van der Waals surface area contributed by atoms with Crippen LogP contribution < -0.4 is 0 Å². The smallest absolute Gasteiger partial charge is 0.319 e. The van der Waals surface area contributed by atoms with Gasteiger partial charge in [0.25, 0.3) is 0 Å². The Hall–Kier alpha value is -0.970. The standard InChI is InChI=1S/C12H20N2O2S/c1-5-9(2)14-7-6-10(13-14)8-17-12(3,4)11(15)16/h6-7,9H,5,8H2,1-4H3,(H,15,16). The number of aliphatic carboxylic acids is 1. The van der Waals surface area contributed by atoms with E-state index < -0.39 is 10.7 Å². The van der Waals surface area contributed by atoms with Crippen LogP contribution in [0.15, 0.2) is 12.3 Å². The van der Waals surface area contributed by atoms with E-state index in [1.807, 2.05) is 16.9 Å². The van der Waals surface area contributed by atoms with E-state index in [1.165, 1.54) is 11.8 Å². The predicted molar refractivity (Wildman–Crippen MR) is 70.2 cm³/mol. The molecule has 4 nitrogen and oxygen atoms in total. The number of aromatic nitrogens is 2. The van der Waals surface area contributed by atoms with E-state index in [9.17, 15) is 4.79 Å². The van der Waals surface area contributed by atoms with Crippen LogP contribution in [-0.4, -0.2) is 25.6 Å².